The molecular weight excluding hydrogens is 198 g/mol. The van der Waals surface area contributed by atoms with Crippen molar-refractivity contribution < 1.29 is 14.4 Å². The van der Waals surface area contributed by atoms with E-state index < -0.39 is 5.97 Å². The molecule has 1 unspecified atom stereocenters. The molecule has 0 aliphatic carbocycles. The minimum Gasteiger partial charge on any atom is -0.481 e. The first-order valence-corrected chi connectivity index (χ1v) is 5.03. The third-order valence-electron chi connectivity index (χ3n) is 2.40. The van der Waals surface area contributed by atoms with E-state index in [0.717, 1.165) is 19.4 Å². The van der Waals surface area contributed by atoms with E-state index in [0.29, 0.717) is 18.1 Å². The number of nitrogens with one attached hydrogen (secondary N) is 1. The highest BCUT2D eigenvalue weighted by Crippen LogP contribution is 2.21. The molecule has 1 aliphatic rings. The van der Waals surface area contributed by atoms with Gasteiger partial charge in [-0.05, 0) is 19.4 Å². The number of hydrogen-bond donors (Lipinski definition) is 2. The molecule has 0 amide bonds. The summed E-state index contributed by atoms with van der Waals surface area (Å²) >= 11 is 0. The number of hydrogen-bond acceptors (Lipinski definition) is 5. The highest BCUT2D eigenvalue weighted by molar-refractivity contribution is 5.66. The van der Waals surface area contributed by atoms with Gasteiger partial charge in [0, 0.05) is 6.42 Å². The fraction of sp³-hybridized carbons (Fsp3) is 0.667. The zero-order chi connectivity index (χ0) is 10.7. The molecule has 2 rings (SSSR count). The van der Waals surface area contributed by atoms with Crippen LogP contribution in [0, 0.1) is 0 Å². The third-order valence-corrected chi connectivity index (χ3v) is 2.40. The van der Waals surface area contributed by atoms with Gasteiger partial charge >= 0.3 is 5.97 Å². The summed E-state index contributed by atoms with van der Waals surface area (Å²) in [5, 5.41) is 15.5. The Hall–Kier alpha value is -1.43. The molecule has 1 aliphatic heterocycles. The Bertz CT molecular complexity index is 344. The topological polar surface area (TPSA) is 88.2 Å². The van der Waals surface area contributed by atoms with Crippen LogP contribution in [0.3, 0.4) is 0 Å². The second kappa shape index (κ2) is 4.39. The molecule has 1 atom stereocenters. The maximum absolute atomic E-state index is 10.3. The molecule has 1 aromatic rings. The molecule has 2 heterocycles. The molecule has 1 saturated heterocycles. The van der Waals surface area contributed by atoms with Gasteiger partial charge in [-0.2, -0.15) is 4.98 Å². The first-order chi connectivity index (χ1) is 7.25. The number of carboxylic acid groups (broad SMARTS) is 1. The minimum absolute atomic E-state index is 0.0388. The molecule has 82 valence electrons. The monoisotopic (exact) mass is 211 g/mol. The molecule has 15 heavy (non-hydrogen) atoms. The van der Waals surface area contributed by atoms with Crippen LogP contribution in [0.2, 0.25) is 0 Å². The van der Waals surface area contributed by atoms with Crippen LogP contribution in [0.1, 0.15) is 37.0 Å². The summed E-state index contributed by atoms with van der Waals surface area (Å²) < 4.78 is 5.06. The van der Waals surface area contributed by atoms with Crippen LogP contribution in [-0.4, -0.2) is 27.8 Å². The number of rotatable bonds is 4. The fourth-order valence-corrected chi connectivity index (χ4v) is 1.62. The molecule has 6 heteroatoms. The third kappa shape index (κ3) is 2.53. The van der Waals surface area contributed by atoms with Crippen LogP contribution in [0.4, 0.5) is 0 Å². The van der Waals surface area contributed by atoms with Crippen molar-refractivity contribution in [2.75, 3.05) is 6.54 Å². The highest BCUT2D eigenvalue weighted by atomic mass is 16.5. The summed E-state index contributed by atoms with van der Waals surface area (Å²) in [5.41, 5.74) is 0. The van der Waals surface area contributed by atoms with Gasteiger partial charge in [-0.15, -0.1) is 0 Å². The zero-order valence-corrected chi connectivity index (χ0v) is 8.27. The van der Waals surface area contributed by atoms with Gasteiger partial charge in [0.15, 0.2) is 5.82 Å². The van der Waals surface area contributed by atoms with Gasteiger partial charge in [-0.3, -0.25) is 4.79 Å². The quantitative estimate of drug-likeness (QED) is 0.754. The zero-order valence-electron chi connectivity index (χ0n) is 8.27. The van der Waals surface area contributed by atoms with E-state index >= 15 is 0 Å². The Labute approximate surface area is 86.7 Å². The van der Waals surface area contributed by atoms with Crippen LogP contribution < -0.4 is 5.32 Å². The average Bonchev–Trinajstić information content (AvgIpc) is 2.85. The number of aliphatic carboxylic acids is 1. The summed E-state index contributed by atoms with van der Waals surface area (Å²) in [4.78, 5) is 14.5. The number of aryl methyl sites for hydroxylation is 1. The van der Waals surface area contributed by atoms with Crippen molar-refractivity contribution in [3.8, 4) is 0 Å². The molecule has 1 fully saturated rings. The van der Waals surface area contributed by atoms with Crippen molar-refractivity contribution in [2.45, 2.75) is 31.7 Å². The Kier molecular flexibility index (Phi) is 2.96. The second-order valence-electron chi connectivity index (χ2n) is 3.59. The number of aromatic nitrogens is 2. The number of carbonyl (C=O) groups is 1. The smallest absolute Gasteiger partial charge is 0.303 e. The molecule has 1 aromatic heterocycles. The molecule has 0 radical (unpaired) electrons. The predicted octanol–water partition coefficient (Wildman–Crippen LogP) is 0.511. The van der Waals surface area contributed by atoms with Gasteiger partial charge in [-0.1, -0.05) is 5.16 Å². The molecular formula is C9H13N3O3. The van der Waals surface area contributed by atoms with E-state index in [-0.39, 0.29) is 12.5 Å². The van der Waals surface area contributed by atoms with Crippen molar-refractivity contribution in [1.82, 2.24) is 15.5 Å². The fourth-order valence-electron chi connectivity index (χ4n) is 1.62. The molecule has 0 spiro atoms. The van der Waals surface area contributed by atoms with Gasteiger partial charge in [0.05, 0.1) is 12.5 Å². The van der Waals surface area contributed by atoms with Crippen molar-refractivity contribution >= 4 is 5.97 Å². The van der Waals surface area contributed by atoms with E-state index in [2.05, 4.69) is 15.5 Å². The lowest BCUT2D eigenvalue weighted by atomic mass is 10.2. The van der Waals surface area contributed by atoms with E-state index in [1.165, 1.54) is 0 Å². The van der Waals surface area contributed by atoms with Gasteiger partial charge in [-0.25, -0.2) is 0 Å². The van der Waals surface area contributed by atoms with E-state index in [1.54, 1.807) is 0 Å². The summed E-state index contributed by atoms with van der Waals surface area (Å²) in [6.45, 7) is 0.970. The van der Waals surface area contributed by atoms with Crippen LogP contribution in [0.5, 0.6) is 0 Å². The lowest BCUT2D eigenvalue weighted by molar-refractivity contribution is -0.137. The maximum Gasteiger partial charge on any atom is 0.303 e. The first-order valence-electron chi connectivity index (χ1n) is 5.03. The lowest BCUT2D eigenvalue weighted by Gasteiger charge is -2.01. The van der Waals surface area contributed by atoms with E-state index in [1.807, 2.05) is 0 Å². The van der Waals surface area contributed by atoms with Gasteiger partial charge in [0.25, 0.3) is 0 Å². The van der Waals surface area contributed by atoms with Crippen LogP contribution in [0.15, 0.2) is 4.52 Å². The summed E-state index contributed by atoms with van der Waals surface area (Å²) in [6.07, 6.45) is 2.47. The molecule has 0 saturated carbocycles. The van der Waals surface area contributed by atoms with Gasteiger partial charge < -0.3 is 14.9 Å². The van der Waals surface area contributed by atoms with E-state index in [4.69, 9.17) is 9.63 Å². The molecule has 2 N–H and O–H groups in total. The molecule has 0 bridgehead atoms. The van der Waals surface area contributed by atoms with Crippen LogP contribution >= 0.6 is 0 Å². The van der Waals surface area contributed by atoms with Crippen LogP contribution in [0.25, 0.3) is 0 Å². The van der Waals surface area contributed by atoms with Gasteiger partial charge in [0.2, 0.25) is 5.89 Å². The number of carboxylic acids is 1. The summed E-state index contributed by atoms with van der Waals surface area (Å²) in [7, 11) is 0. The predicted molar refractivity (Wildman–Crippen MR) is 50.2 cm³/mol. The SMILES string of the molecule is O=C(O)CCc1noc(C2CCCN2)n1. The lowest BCUT2D eigenvalue weighted by Crippen LogP contribution is -2.13. The highest BCUT2D eigenvalue weighted by Gasteiger charge is 2.22. The Morgan fingerprint density at radius 1 is 1.67 bits per heavy atom. The van der Waals surface area contributed by atoms with E-state index in [9.17, 15) is 4.79 Å². The summed E-state index contributed by atoms with van der Waals surface area (Å²) in [5.74, 6) is 0.203. The standard InChI is InChI=1S/C9H13N3O3/c13-8(14)4-3-7-11-9(15-12-7)6-2-1-5-10-6/h6,10H,1-5H2,(H,13,14). The Balaban J connectivity index is 1.94. The number of nitrogens with zero attached hydrogens (tertiary/aromatic N) is 2. The largest absolute Gasteiger partial charge is 0.481 e. The maximum atomic E-state index is 10.3. The summed E-state index contributed by atoms with van der Waals surface area (Å²) in [6, 6.07) is 0.149. The molecule has 0 aromatic carbocycles. The normalized spacial score (nSPS) is 20.7. The van der Waals surface area contributed by atoms with Crippen molar-refractivity contribution in [2.24, 2.45) is 0 Å². The van der Waals surface area contributed by atoms with Gasteiger partial charge in [0.1, 0.15) is 0 Å². The first kappa shape index (κ1) is 10.1. The average molecular weight is 211 g/mol. The van der Waals surface area contributed by atoms with Crippen molar-refractivity contribution in [1.29, 1.82) is 0 Å². The Morgan fingerprint density at radius 2 is 2.53 bits per heavy atom. The molecule has 6 nitrogen and oxygen atoms in total. The Morgan fingerprint density at radius 3 is 3.20 bits per heavy atom. The van der Waals surface area contributed by atoms with Crippen molar-refractivity contribution in [3.63, 3.8) is 0 Å². The minimum atomic E-state index is -0.847. The van der Waals surface area contributed by atoms with Crippen molar-refractivity contribution in [3.05, 3.63) is 11.7 Å². The second-order valence-corrected chi connectivity index (χ2v) is 3.59. The van der Waals surface area contributed by atoms with Crippen LogP contribution in [-0.2, 0) is 11.2 Å².